The summed E-state index contributed by atoms with van der Waals surface area (Å²) in [5.74, 6) is -0.879. The van der Waals surface area contributed by atoms with Gasteiger partial charge in [0.15, 0.2) is 0 Å². The molecule has 0 aliphatic carbocycles. The summed E-state index contributed by atoms with van der Waals surface area (Å²) in [5.41, 5.74) is 1.85. The number of carbonyl (C=O) groups is 3. The molecule has 0 saturated carbocycles. The standard InChI is InChI=1S/C23H29FN4O4/c24-16-11-17-18(14-28(23(17)31)19-1-2-21(29)25-22(19)30)20(12-16)27-7-5-26(6-8-27)13-15-3-9-32-10-4-15/h11-12,15,19H,1-10,13-14H2,(H,25,29,30). The maximum Gasteiger partial charge on any atom is 0.255 e. The van der Waals surface area contributed by atoms with Gasteiger partial charge in [-0.15, -0.1) is 0 Å². The Hall–Kier alpha value is -2.52. The molecule has 0 bridgehead atoms. The number of benzene rings is 1. The van der Waals surface area contributed by atoms with Crippen LogP contribution in [0.25, 0.3) is 0 Å². The van der Waals surface area contributed by atoms with Gasteiger partial charge in [0.05, 0.1) is 0 Å². The number of nitrogens with zero attached hydrogens (tertiary/aromatic N) is 3. The number of piperidine rings is 1. The minimum absolute atomic E-state index is 0.201. The molecule has 5 rings (SSSR count). The van der Waals surface area contributed by atoms with E-state index in [2.05, 4.69) is 15.1 Å². The van der Waals surface area contributed by atoms with Crippen molar-refractivity contribution < 1.29 is 23.5 Å². The smallest absolute Gasteiger partial charge is 0.255 e. The van der Waals surface area contributed by atoms with Crippen LogP contribution in [0.2, 0.25) is 0 Å². The lowest BCUT2D eigenvalue weighted by Crippen LogP contribution is -2.52. The molecule has 1 atom stereocenters. The Morgan fingerprint density at radius 3 is 2.50 bits per heavy atom. The maximum absolute atomic E-state index is 14.5. The molecule has 1 N–H and O–H groups in total. The van der Waals surface area contributed by atoms with Crippen LogP contribution in [0.1, 0.15) is 41.6 Å². The molecule has 3 fully saturated rings. The summed E-state index contributed by atoms with van der Waals surface area (Å²) < 4.78 is 19.9. The van der Waals surface area contributed by atoms with Crippen LogP contribution >= 0.6 is 0 Å². The molecule has 4 heterocycles. The molecule has 3 saturated heterocycles. The molecule has 1 aromatic carbocycles. The van der Waals surface area contributed by atoms with Crippen molar-refractivity contribution >= 4 is 23.4 Å². The van der Waals surface area contributed by atoms with Crippen LogP contribution in [0.3, 0.4) is 0 Å². The topological polar surface area (TPSA) is 82.2 Å². The molecule has 9 heteroatoms. The lowest BCUT2D eigenvalue weighted by atomic mass is 9.99. The summed E-state index contributed by atoms with van der Waals surface area (Å²) in [7, 11) is 0. The lowest BCUT2D eigenvalue weighted by molar-refractivity contribution is -0.136. The zero-order valence-electron chi connectivity index (χ0n) is 18.1. The average Bonchev–Trinajstić information content (AvgIpc) is 3.11. The van der Waals surface area contributed by atoms with Crippen molar-refractivity contribution in [3.8, 4) is 0 Å². The Labute approximate surface area is 186 Å². The molecular weight excluding hydrogens is 415 g/mol. The van der Waals surface area contributed by atoms with Gasteiger partial charge in [-0.2, -0.15) is 0 Å². The maximum atomic E-state index is 14.5. The van der Waals surface area contributed by atoms with Gasteiger partial charge in [0, 0.05) is 75.7 Å². The monoisotopic (exact) mass is 444 g/mol. The van der Waals surface area contributed by atoms with Crippen molar-refractivity contribution in [2.24, 2.45) is 5.92 Å². The molecule has 0 spiro atoms. The van der Waals surface area contributed by atoms with Crippen LogP contribution in [0, 0.1) is 11.7 Å². The Kier molecular flexibility index (Phi) is 5.86. The van der Waals surface area contributed by atoms with Gasteiger partial charge in [0.25, 0.3) is 5.91 Å². The van der Waals surface area contributed by atoms with E-state index < -0.39 is 17.8 Å². The van der Waals surface area contributed by atoms with E-state index in [1.807, 2.05) is 0 Å². The second-order valence-corrected chi connectivity index (χ2v) is 9.19. The van der Waals surface area contributed by atoms with Crippen molar-refractivity contribution in [2.45, 2.75) is 38.3 Å². The van der Waals surface area contributed by atoms with Gasteiger partial charge in [0.2, 0.25) is 11.8 Å². The first-order valence-corrected chi connectivity index (χ1v) is 11.5. The van der Waals surface area contributed by atoms with Crippen LogP contribution in [0.5, 0.6) is 0 Å². The molecule has 3 amide bonds. The highest BCUT2D eigenvalue weighted by Gasteiger charge is 2.41. The summed E-state index contributed by atoms with van der Waals surface area (Å²) in [5, 5.41) is 2.31. The first-order chi connectivity index (χ1) is 15.5. The lowest BCUT2D eigenvalue weighted by Gasteiger charge is -2.39. The van der Waals surface area contributed by atoms with E-state index in [1.165, 1.54) is 17.0 Å². The quantitative estimate of drug-likeness (QED) is 0.702. The summed E-state index contributed by atoms with van der Waals surface area (Å²) in [6.07, 6.45) is 2.71. The first-order valence-electron chi connectivity index (χ1n) is 11.5. The number of amides is 3. The van der Waals surface area contributed by atoms with Crippen LogP contribution in [0.15, 0.2) is 12.1 Å². The number of imide groups is 1. The number of halogens is 1. The first kappa shape index (κ1) is 21.3. The van der Waals surface area contributed by atoms with E-state index in [9.17, 15) is 18.8 Å². The Morgan fingerprint density at radius 2 is 1.78 bits per heavy atom. The average molecular weight is 445 g/mol. The zero-order chi connectivity index (χ0) is 22.2. The van der Waals surface area contributed by atoms with Crippen molar-refractivity contribution in [1.82, 2.24) is 15.1 Å². The minimum Gasteiger partial charge on any atom is -0.381 e. The number of hydrogen-bond acceptors (Lipinski definition) is 6. The number of carbonyl (C=O) groups excluding carboxylic acids is 3. The van der Waals surface area contributed by atoms with Gasteiger partial charge in [0.1, 0.15) is 11.9 Å². The van der Waals surface area contributed by atoms with Gasteiger partial charge < -0.3 is 14.5 Å². The van der Waals surface area contributed by atoms with Gasteiger partial charge >= 0.3 is 0 Å². The van der Waals surface area contributed by atoms with Gasteiger partial charge in [-0.3, -0.25) is 24.6 Å². The number of hydrogen-bond donors (Lipinski definition) is 1. The van der Waals surface area contributed by atoms with Crippen LogP contribution in [-0.4, -0.2) is 79.5 Å². The summed E-state index contributed by atoms with van der Waals surface area (Å²) in [6.45, 7) is 6.35. The number of nitrogens with one attached hydrogen (secondary N) is 1. The molecule has 4 aliphatic heterocycles. The third-order valence-electron chi connectivity index (χ3n) is 7.17. The van der Waals surface area contributed by atoms with E-state index in [0.29, 0.717) is 17.9 Å². The molecule has 0 aromatic heterocycles. The summed E-state index contributed by atoms with van der Waals surface area (Å²) in [6, 6.07) is 2.09. The summed E-state index contributed by atoms with van der Waals surface area (Å²) >= 11 is 0. The minimum atomic E-state index is -0.695. The fraction of sp³-hybridized carbons (Fsp3) is 0.609. The SMILES string of the molecule is O=C1CCC(N2Cc3c(cc(F)cc3N3CCN(CC4CCOCC4)CC3)C2=O)C(=O)N1. The third kappa shape index (κ3) is 4.11. The molecule has 1 aromatic rings. The highest BCUT2D eigenvalue weighted by atomic mass is 19.1. The molecule has 0 radical (unpaired) electrons. The number of rotatable bonds is 4. The molecular formula is C23H29FN4O4. The fourth-order valence-electron chi connectivity index (χ4n) is 5.36. The molecule has 1 unspecified atom stereocenters. The predicted molar refractivity (Wildman–Crippen MR) is 115 cm³/mol. The summed E-state index contributed by atoms with van der Waals surface area (Å²) in [4.78, 5) is 43.0. The predicted octanol–water partition coefficient (Wildman–Crippen LogP) is 1.14. The number of ether oxygens (including phenoxy) is 1. The van der Waals surface area contributed by atoms with E-state index in [-0.39, 0.29) is 24.8 Å². The van der Waals surface area contributed by atoms with E-state index >= 15 is 0 Å². The second kappa shape index (κ2) is 8.78. The normalized spacial score (nSPS) is 25.3. The fourth-order valence-corrected chi connectivity index (χ4v) is 5.36. The molecule has 8 nitrogen and oxygen atoms in total. The Bertz CT molecular complexity index is 925. The Balaban J connectivity index is 1.29. The van der Waals surface area contributed by atoms with Crippen LogP contribution in [-0.2, 0) is 20.9 Å². The number of anilines is 1. The second-order valence-electron chi connectivity index (χ2n) is 9.19. The van der Waals surface area contributed by atoms with E-state index in [1.54, 1.807) is 0 Å². The van der Waals surface area contributed by atoms with Crippen molar-refractivity contribution in [2.75, 3.05) is 50.8 Å². The van der Waals surface area contributed by atoms with Crippen LogP contribution < -0.4 is 10.2 Å². The van der Waals surface area contributed by atoms with E-state index in [4.69, 9.17) is 4.74 Å². The zero-order valence-corrected chi connectivity index (χ0v) is 18.1. The van der Waals surface area contributed by atoms with Crippen LogP contribution in [0.4, 0.5) is 10.1 Å². The molecule has 4 aliphatic rings. The number of piperazine rings is 1. The Morgan fingerprint density at radius 1 is 1.03 bits per heavy atom. The van der Waals surface area contributed by atoms with Crippen molar-refractivity contribution in [3.05, 3.63) is 29.1 Å². The molecule has 172 valence electrons. The number of fused-ring (bicyclic) bond motifs is 1. The van der Waals surface area contributed by atoms with Gasteiger partial charge in [-0.1, -0.05) is 0 Å². The third-order valence-corrected chi connectivity index (χ3v) is 7.17. The van der Waals surface area contributed by atoms with Crippen molar-refractivity contribution in [3.63, 3.8) is 0 Å². The molecule has 32 heavy (non-hydrogen) atoms. The van der Waals surface area contributed by atoms with Crippen molar-refractivity contribution in [1.29, 1.82) is 0 Å². The highest BCUT2D eigenvalue weighted by molar-refractivity contribution is 6.06. The highest BCUT2D eigenvalue weighted by Crippen LogP contribution is 2.35. The van der Waals surface area contributed by atoms with Gasteiger partial charge in [-0.05, 0) is 37.3 Å². The van der Waals surface area contributed by atoms with E-state index in [0.717, 1.165) is 70.0 Å². The largest absolute Gasteiger partial charge is 0.381 e. The van der Waals surface area contributed by atoms with Gasteiger partial charge in [-0.25, -0.2) is 4.39 Å².